The van der Waals surface area contributed by atoms with Crippen LogP contribution >= 0.6 is 0 Å². The topological polar surface area (TPSA) is 104 Å². The number of Topliss-reactive ketones (excluding diaryl/α,β-unsaturated/α-hetero) is 1. The summed E-state index contributed by atoms with van der Waals surface area (Å²) in [6.07, 6.45) is 25.4. The van der Waals surface area contributed by atoms with Gasteiger partial charge in [-0.2, -0.15) is 0 Å². The van der Waals surface area contributed by atoms with Gasteiger partial charge in [-0.1, -0.05) is 162 Å². The first-order chi connectivity index (χ1) is 18.0. The Morgan fingerprint density at radius 1 is 0.514 bits per heavy atom. The number of rotatable bonds is 29. The zero-order chi connectivity index (χ0) is 27.6. The predicted molar refractivity (Wildman–Crippen MR) is 157 cm³/mol. The van der Waals surface area contributed by atoms with Gasteiger partial charge < -0.3 is 21.1 Å². The average Bonchev–Trinajstić information content (AvgIpc) is 2.87. The van der Waals surface area contributed by atoms with Crippen LogP contribution in [0.25, 0.3) is 0 Å². The van der Waals surface area contributed by atoms with Gasteiger partial charge in [-0.15, -0.1) is 0 Å². The van der Waals surface area contributed by atoms with Crippen molar-refractivity contribution in [1.29, 1.82) is 0 Å². The molecule has 5 nitrogen and oxygen atoms in total. The molecule has 0 heterocycles. The van der Waals surface area contributed by atoms with Gasteiger partial charge in [0, 0.05) is 0 Å². The van der Waals surface area contributed by atoms with Crippen molar-refractivity contribution in [3.8, 4) is 0 Å². The molecule has 37 heavy (non-hydrogen) atoms. The normalized spacial score (nSPS) is 15.0. The van der Waals surface area contributed by atoms with Gasteiger partial charge in [-0.3, -0.25) is 4.79 Å². The predicted octanol–water partition coefficient (Wildman–Crippen LogP) is 7.96. The molecule has 4 atom stereocenters. The van der Waals surface area contributed by atoms with E-state index in [1.807, 2.05) is 0 Å². The molecule has 0 bridgehead atoms. The van der Waals surface area contributed by atoms with Gasteiger partial charge in [0.25, 0.3) is 0 Å². The zero-order valence-electron chi connectivity index (χ0n) is 24.8. The molecule has 0 fully saturated rings. The van der Waals surface area contributed by atoms with E-state index in [0.717, 1.165) is 38.5 Å². The van der Waals surface area contributed by atoms with Crippen molar-refractivity contribution in [2.75, 3.05) is 0 Å². The Bertz CT molecular complexity index is 485. The smallest absolute Gasteiger partial charge is 0.170 e. The lowest BCUT2D eigenvalue weighted by Crippen LogP contribution is -2.47. The highest BCUT2D eigenvalue weighted by Crippen LogP contribution is 2.20. The Labute approximate surface area is 230 Å². The summed E-state index contributed by atoms with van der Waals surface area (Å²) in [5.41, 5.74) is 5.64. The van der Waals surface area contributed by atoms with E-state index < -0.39 is 30.1 Å². The van der Waals surface area contributed by atoms with Gasteiger partial charge in [0.15, 0.2) is 5.78 Å². The third kappa shape index (κ3) is 22.1. The van der Waals surface area contributed by atoms with Crippen molar-refractivity contribution < 1.29 is 20.1 Å². The highest BCUT2D eigenvalue weighted by molar-refractivity contribution is 5.86. The number of hydrogen-bond donors (Lipinski definition) is 4. The maximum absolute atomic E-state index is 12.7. The highest BCUT2D eigenvalue weighted by atomic mass is 16.3. The molecular weight excluding hydrogens is 462 g/mol. The van der Waals surface area contributed by atoms with E-state index in [9.17, 15) is 20.1 Å². The Kier molecular flexibility index (Phi) is 26.7. The summed E-state index contributed by atoms with van der Waals surface area (Å²) in [7, 11) is 0. The second-order valence-electron chi connectivity index (χ2n) is 11.5. The van der Waals surface area contributed by atoms with E-state index >= 15 is 0 Å². The fourth-order valence-electron chi connectivity index (χ4n) is 5.33. The molecule has 0 aromatic carbocycles. The first kappa shape index (κ1) is 36.5. The summed E-state index contributed by atoms with van der Waals surface area (Å²) < 4.78 is 0. The second kappa shape index (κ2) is 27.1. The van der Waals surface area contributed by atoms with E-state index in [1.54, 1.807) is 0 Å². The van der Waals surface area contributed by atoms with Crippen LogP contribution in [-0.2, 0) is 4.79 Å². The average molecular weight is 528 g/mol. The summed E-state index contributed by atoms with van der Waals surface area (Å²) in [5, 5.41) is 30.9. The molecule has 0 spiro atoms. The van der Waals surface area contributed by atoms with Crippen LogP contribution in [-0.4, -0.2) is 39.5 Å². The molecule has 0 aliphatic rings. The summed E-state index contributed by atoms with van der Waals surface area (Å²) in [5.74, 6) is -1.61. The van der Waals surface area contributed by atoms with Crippen LogP contribution in [0.15, 0.2) is 0 Å². The molecule has 0 aliphatic heterocycles. The van der Waals surface area contributed by atoms with Crippen molar-refractivity contribution >= 4 is 5.78 Å². The molecule has 0 saturated heterocycles. The van der Waals surface area contributed by atoms with Crippen LogP contribution in [0.4, 0.5) is 0 Å². The minimum Gasteiger partial charge on any atom is -0.392 e. The van der Waals surface area contributed by atoms with Crippen LogP contribution in [0.3, 0.4) is 0 Å². The molecule has 222 valence electrons. The van der Waals surface area contributed by atoms with Gasteiger partial charge >= 0.3 is 0 Å². The zero-order valence-corrected chi connectivity index (χ0v) is 24.8. The van der Waals surface area contributed by atoms with Crippen LogP contribution in [0.2, 0.25) is 0 Å². The van der Waals surface area contributed by atoms with Crippen LogP contribution < -0.4 is 5.73 Å². The fourth-order valence-corrected chi connectivity index (χ4v) is 5.33. The molecule has 0 radical (unpaired) electrons. The van der Waals surface area contributed by atoms with Gasteiger partial charge in [-0.25, -0.2) is 0 Å². The number of unbranched alkanes of at least 4 members (excludes halogenated alkanes) is 21. The minimum absolute atomic E-state index is 0.379. The maximum atomic E-state index is 12.7. The van der Waals surface area contributed by atoms with Crippen LogP contribution in [0, 0.1) is 5.92 Å². The Balaban J connectivity index is 3.88. The quantitative estimate of drug-likeness (QED) is 0.0583. The number of nitrogens with two attached hydrogens (primary N) is 1. The number of ketones is 1. The van der Waals surface area contributed by atoms with Crippen molar-refractivity contribution in [3.63, 3.8) is 0 Å². The monoisotopic (exact) mass is 527 g/mol. The molecule has 0 aliphatic carbocycles. The fraction of sp³-hybridized carbons (Fsp3) is 0.969. The first-order valence-electron chi connectivity index (χ1n) is 16.3. The molecule has 0 aromatic rings. The van der Waals surface area contributed by atoms with Crippen molar-refractivity contribution in [1.82, 2.24) is 0 Å². The van der Waals surface area contributed by atoms with Crippen LogP contribution in [0.1, 0.15) is 174 Å². The van der Waals surface area contributed by atoms with E-state index in [2.05, 4.69) is 13.8 Å². The molecular formula is C32H65NO4. The van der Waals surface area contributed by atoms with Crippen molar-refractivity contribution in [3.05, 3.63) is 0 Å². The summed E-state index contributed by atoms with van der Waals surface area (Å²) in [6.45, 7) is 4.49. The number of carbonyl (C=O) groups excluding carboxylic acids is 1. The molecule has 5 N–H and O–H groups in total. The number of aliphatic hydroxyl groups excluding tert-OH is 3. The number of aliphatic hydroxyl groups is 3. The number of carbonyl (C=O) groups is 1. The standard InChI is InChI=1S/C32H65NO4/c1-3-5-7-9-11-13-15-16-17-19-20-22-24-26-28(34)30(32(33)37)31(36)29(35)27-25-23-21-18-14-12-10-8-6-4-2/h28-30,32,34-35,37H,3-27,33H2,1-2H3/t28-,29+,30-,32?/m1/s1. The van der Waals surface area contributed by atoms with E-state index in [4.69, 9.17) is 5.73 Å². The molecule has 0 amide bonds. The first-order valence-corrected chi connectivity index (χ1v) is 16.3. The van der Waals surface area contributed by atoms with Gasteiger partial charge in [-0.05, 0) is 12.8 Å². The minimum atomic E-state index is -1.44. The van der Waals surface area contributed by atoms with Crippen molar-refractivity contribution in [2.45, 2.75) is 193 Å². The summed E-state index contributed by atoms with van der Waals surface area (Å²) >= 11 is 0. The second-order valence-corrected chi connectivity index (χ2v) is 11.5. The molecule has 5 heteroatoms. The van der Waals surface area contributed by atoms with Crippen LogP contribution in [0.5, 0.6) is 0 Å². The summed E-state index contributed by atoms with van der Waals surface area (Å²) in [4.78, 5) is 12.7. The third-order valence-corrected chi connectivity index (χ3v) is 7.87. The Hall–Kier alpha value is -0.490. The third-order valence-electron chi connectivity index (χ3n) is 7.87. The SMILES string of the molecule is CCCCCCCCCCCCCCC[C@@H](O)[C@H](C(=O)[C@@H](O)CCCCCCCCCCCC)C(N)O. The molecule has 0 saturated carbocycles. The molecule has 0 rings (SSSR count). The molecule has 0 aromatic heterocycles. The lowest BCUT2D eigenvalue weighted by Gasteiger charge is -2.26. The largest absolute Gasteiger partial charge is 0.392 e. The van der Waals surface area contributed by atoms with E-state index in [0.29, 0.717) is 12.8 Å². The summed E-state index contributed by atoms with van der Waals surface area (Å²) in [6, 6.07) is 0. The number of hydrogen-bond acceptors (Lipinski definition) is 5. The van der Waals surface area contributed by atoms with Gasteiger partial charge in [0.1, 0.15) is 12.3 Å². The highest BCUT2D eigenvalue weighted by Gasteiger charge is 2.34. The van der Waals surface area contributed by atoms with Gasteiger partial charge in [0.05, 0.1) is 12.0 Å². The lowest BCUT2D eigenvalue weighted by molar-refractivity contribution is -0.140. The van der Waals surface area contributed by atoms with Crippen molar-refractivity contribution in [2.24, 2.45) is 11.7 Å². The Morgan fingerprint density at radius 3 is 1.14 bits per heavy atom. The van der Waals surface area contributed by atoms with E-state index in [-0.39, 0.29) is 0 Å². The molecule has 1 unspecified atom stereocenters. The van der Waals surface area contributed by atoms with E-state index in [1.165, 1.54) is 109 Å². The Morgan fingerprint density at radius 2 is 0.811 bits per heavy atom. The lowest BCUT2D eigenvalue weighted by atomic mass is 9.87. The maximum Gasteiger partial charge on any atom is 0.170 e. The van der Waals surface area contributed by atoms with Gasteiger partial charge in [0.2, 0.25) is 0 Å².